The van der Waals surface area contributed by atoms with Crippen LogP contribution in [-0.2, 0) is 10.0 Å². The molecule has 102 valence electrons. The van der Waals surface area contributed by atoms with Gasteiger partial charge in [-0.25, -0.2) is 23.5 Å². The lowest BCUT2D eigenvalue weighted by Crippen LogP contribution is -2.26. The molecule has 0 spiro atoms. The molecule has 19 heavy (non-hydrogen) atoms. The maximum absolute atomic E-state index is 11.1. The summed E-state index contributed by atoms with van der Waals surface area (Å²) in [5.74, 6) is 0.921. The van der Waals surface area contributed by atoms with Crippen molar-refractivity contribution >= 4 is 26.9 Å². The number of nitrogens with two attached hydrogens (primary N) is 1. The average molecular weight is 281 g/mol. The largest absolute Gasteiger partial charge is 0.357 e. The molecule has 0 radical (unpaired) electrons. The molecule has 0 amide bonds. The van der Waals surface area contributed by atoms with Gasteiger partial charge in [0.1, 0.15) is 11.8 Å². The molecular weight excluding hydrogens is 266 g/mol. The van der Waals surface area contributed by atoms with Crippen molar-refractivity contribution in [3.63, 3.8) is 0 Å². The molecular formula is C11H15N5O2S. The van der Waals surface area contributed by atoms with Crippen LogP contribution < -0.4 is 10.0 Å². The van der Waals surface area contributed by atoms with Crippen LogP contribution >= 0.6 is 0 Å². The maximum atomic E-state index is 11.1. The van der Waals surface area contributed by atoms with Gasteiger partial charge in [-0.1, -0.05) is 0 Å². The molecule has 1 fully saturated rings. The highest BCUT2D eigenvalue weighted by molar-refractivity contribution is 7.89. The Morgan fingerprint density at radius 2 is 2.32 bits per heavy atom. The first kappa shape index (κ1) is 12.4. The van der Waals surface area contributed by atoms with Crippen LogP contribution in [0.2, 0.25) is 0 Å². The Balaban J connectivity index is 1.83. The van der Waals surface area contributed by atoms with E-state index in [-0.39, 0.29) is 11.7 Å². The van der Waals surface area contributed by atoms with Gasteiger partial charge in [0, 0.05) is 19.3 Å². The second-order valence-electron chi connectivity index (χ2n) is 4.87. The third kappa shape index (κ3) is 2.54. The summed E-state index contributed by atoms with van der Waals surface area (Å²) in [7, 11) is -3.41. The lowest BCUT2D eigenvalue weighted by atomic mass is 10.2. The molecule has 3 heterocycles. The summed E-state index contributed by atoms with van der Waals surface area (Å²) in [5.41, 5.74) is 1.75. The van der Waals surface area contributed by atoms with E-state index < -0.39 is 10.0 Å². The van der Waals surface area contributed by atoms with E-state index >= 15 is 0 Å². The Labute approximate surface area is 110 Å². The molecule has 2 aromatic heterocycles. The number of fused-ring (bicyclic) bond motifs is 1. The summed E-state index contributed by atoms with van der Waals surface area (Å²) in [6.45, 7) is 1.44. The second-order valence-corrected chi connectivity index (χ2v) is 6.52. The number of rotatable bonds is 3. The Hall–Kier alpha value is -1.67. The van der Waals surface area contributed by atoms with E-state index in [2.05, 4.69) is 19.9 Å². The Kier molecular flexibility index (Phi) is 2.90. The van der Waals surface area contributed by atoms with Gasteiger partial charge >= 0.3 is 0 Å². The Morgan fingerprint density at radius 1 is 1.47 bits per heavy atom. The number of nitrogens with one attached hydrogen (secondary N) is 1. The number of H-pyrrole nitrogens is 1. The average Bonchev–Trinajstić information content (AvgIpc) is 2.94. The number of hydrogen-bond donors (Lipinski definition) is 2. The number of primary sulfonamides is 1. The number of anilines is 1. The smallest absolute Gasteiger partial charge is 0.209 e. The van der Waals surface area contributed by atoms with Crippen molar-refractivity contribution < 1.29 is 8.42 Å². The third-order valence-corrected chi connectivity index (χ3v) is 4.31. The third-order valence-electron chi connectivity index (χ3n) is 3.38. The topological polar surface area (TPSA) is 105 Å². The highest BCUT2D eigenvalue weighted by atomic mass is 32.2. The summed E-state index contributed by atoms with van der Waals surface area (Å²) in [6.07, 6.45) is 4.15. The fourth-order valence-electron chi connectivity index (χ4n) is 2.59. The molecule has 1 atom stereocenters. The van der Waals surface area contributed by atoms with Gasteiger partial charge in [0.25, 0.3) is 0 Å². The number of aromatic amines is 1. The predicted octanol–water partition coefficient (Wildman–Crippen LogP) is 0.0727. The van der Waals surface area contributed by atoms with Crippen molar-refractivity contribution in [1.82, 2.24) is 15.0 Å². The molecule has 3 rings (SSSR count). The first-order valence-corrected chi connectivity index (χ1v) is 7.78. The van der Waals surface area contributed by atoms with Crippen LogP contribution in [0.3, 0.4) is 0 Å². The van der Waals surface area contributed by atoms with Crippen LogP contribution in [0.1, 0.15) is 6.42 Å². The number of nitrogens with zero attached hydrogens (tertiary/aromatic N) is 3. The fraction of sp³-hybridized carbons (Fsp3) is 0.455. The summed E-state index contributed by atoms with van der Waals surface area (Å²) >= 11 is 0. The number of hydrogen-bond acceptors (Lipinski definition) is 5. The molecule has 0 aliphatic carbocycles. The molecule has 0 aromatic carbocycles. The zero-order valence-corrected chi connectivity index (χ0v) is 11.1. The van der Waals surface area contributed by atoms with Gasteiger partial charge in [-0.15, -0.1) is 0 Å². The maximum Gasteiger partial charge on any atom is 0.209 e. The van der Waals surface area contributed by atoms with Gasteiger partial charge in [-0.3, -0.25) is 0 Å². The molecule has 7 nitrogen and oxygen atoms in total. The van der Waals surface area contributed by atoms with Crippen molar-refractivity contribution in [1.29, 1.82) is 0 Å². The summed E-state index contributed by atoms with van der Waals surface area (Å²) in [6, 6.07) is 1.89. The Morgan fingerprint density at radius 3 is 3.11 bits per heavy atom. The van der Waals surface area contributed by atoms with E-state index in [0.717, 1.165) is 29.8 Å². The van der Waals surface area contributed by atoms with E-state index in [9.17, 15) is 8.42 Å². The predicted molar refractivity (Wildman–Crippen MR) is 72.2 cm³/mol. The second kappa shape index (κ2) is 4.46. The SMILES string of the molecule is NS(=O)(=O)CC1CCN(c2ncnc3cc[nH]c23)C1. The van der Waals surface area contributed by atoms with E-state index in [1.165, 1.54) is 6.33 Å². The van der Waals surface area contributed by atoms with Crippen LogP contribution in [0.15, 0.2) is 18.6 Å². The molecule has 0 bridgehead atoms. The van der Waals surface area contributed by atoms with Gasteiger partial charge in [-0.05, 0) is 18.4 Å². The van der Waals surface area contributed by atoms with Crippen LogP contribution in [0.5, 0.6) is 0 Å². The van der Waals surface area contributed by atoms with Crippen molar-refractivity contribution in [2.45, 2.75) is 6.42 Å². The van der Waals surface area contributed by atoms with Gasteiger partial charge in [0.15, 0.2) is 5.82 Å². The molecule has 1 aliphatic rings. The van der Waals surface area contributed by atoms with E-state index in [1.807, 2.05) is 12.3 Å². The standard InChI is InChI=1S/C11H15N5O2S/c12-19(17,18)6-8-2-4-16(5-8)11-10-9(1-3-13-10)14-7-15-11/h1,3,7-8,13H,2,4-6H2,(H2,12,17,18). The summed E-state index contributed by atoms with van der Waals surface area (Å²) in [4.78, 5) is 13.7. The van der Waals surface area contributed by atoms with Crippen LogP contribution in [0.25, 0.3) is 11.0 Å². The van der Waals surface area contributed by atoms with Gasteiger partial charge < -0.3 is 9.88 Å². The lowest BCUT2D eigenvalue weighted by Gasteiger charge is -2.17. The zero-order valence-electron chi connectivity index (χ0n) is 10.3. The van der Waals surface area contributed by atoms with E-state index in [1.54, 1.807) is 0 Å². The first-order chi connectivity index (χ1) is 9.03. The minimum Gasteiger partial charge on any atom is -0.357 e. The molecule has 1 aliphatic heterocycles. The van der Waals surface area contributed by atoms with Gasteiger partial charge in [-0.2, -0.15) is 0 Å². The molecule has 1 saturated heterocycles. The van der Waals surface area contributed by atoms with Crippen LogP contribution in [0, 0.1) is 5.92 Å². The monoisotopic (exact) mass is 281 g/mol. The molecule has 8 heteroatoms. The zero-order chi connectivity index (χ0) is 13.5. The van der Waals surface area contributed by atoms with Crippen LogP contribution in [-0.4, -0.2) is 42.2 Å². The van der Waals surface area contributed by atoms with Crippen molar-refractivity contribution in [3.05, 3.63) is 18.6 Å². The first-order valence-electron chi connectivity index (χ1n) is 6.06. The van der Waals surface area contributed by atoms with E-state index in [4.69, 9.17) is 5.14 Å². The van der Waals surface area contributed by atoms with Crippen molar-refractivity contribution in [2.75, 3.05) is 23.7 Å². The molecule has 3 N–H and O–H groups in total. The lowest BCUT2D eigenvalue weighted by molar-refractivity contribution is 0.573. The number of sulfonamides is 1. The minimum atomic E-state index is -3.41. The van der Waals surface area contributed by atoms with Crippen molar-refractivity contribution in [3.8, 4) is 0 Å². The molecule has 1 unspecified atom stereocenters. The Bertz CT molecular complexity index is 696. The molecule has 2 aromatic rings. The highest BCUT2D eigenvalue weighted by Gasteiger charge is 2.27. The number of aromatic nitrogens is 3. The fourth-order valence-corrected chi connectivity index (χ4v) is 3.52. The van der Waals surface area contributed by atoms with Gasteiger partial charge in [0.05, 0.1) is 11.3 Å². The summed E-state index contributed by atoms with van der Waals surface area (Å²) < 4.78 is 22.3. The minimum absolute atomic E-state index is 0.0302. The van der Waals surface area contributed by atoms with Crippen LogP contribution in [0.4, 0.5) is 5.82 Å². The van der Waals surface area contributed by atoms with Gasteiger partial charge in [0.2, 0.25) is 10.0 Å². The van der Waals surface area contributed by atoms with Crippen molar-refractivity contribution in [2.24, 2.45) is 11.1 Å². The highest BCUT2D eigenvalue weighted by Crippen LogP contribution is 2.27. The summed E-state index contributed by atoms with van der Waals surface area (Å²) in [5, 5.41) is 5.10. The quantitative estimate of drug-likeness (QED) is 0.828. The normalized spacial score (nSPS) is 20.3. The molecule has 0 saturated carbocycles. The van der Waals surface area contributed by atoms with E-state index in [0.29, 0.717) is 6.54 Å².